The highest BCUT2D eigenvalue weighted by molar-refractivity contribution is 5.73. The number of nitrogen functional groups attached to an aromatic ring is 1. The second-order valence-electron chi connectivity index (χ2n) is 3.39. The van der Waals surface area contributed by atoms with Crippen LogP contribution in [-0.2, 0) is 13.1 Å². The predicted molar refractivity (Wildman–Crippen MR) is 60.4 cm³/mol. The number of imidazole rings is 1. The molecule has 2 rings (SSSR count). The third-order valence-electron chi connectivity index (χ3n) is 2.55. The van der Waals surface area contributed by atoms with Crippen LogP contribution in [0.2, 0.25) is 0 Å². The van der Waals surface area contributed by atoms with Crippen molar-refractivity contribution in [2.75, 3.05) is 5.73 Å². The maximum absolute atomic E-state index is 11.7. The Hall–Kier alpha value is -2.05. The average Bonchev–Trinajstić information content (AvgIpc) is 2.55. The summed E-state index contributed by atoms with van der Waals surface area (Å²) in [5, 5.41) is 0. The molecule has 0 fully saturated rings. The fraction of sp³-hybridized carbons (Fsp3) is 0.444. The molecule has 0 spiro atoms. The van der Waals surface area contributed by atoms with Gasteiger partial charge < -0.3 is 10.3 Å². The van der Waals surface area contributed by atoms with Crippen molar-refractivity contribution in [1.29, 1.82) is 0 Å². The fourth-order valence-electron chi connectivity index (χ4n) is 1.80. The van der Waals surface area contributed by atoms with Crippen molar-refractivity contribution in [2.45, 2.75) is 26.9 Å². The lowest BCUT2D eigenvalue weighted by Crippen LogP contribution is -2.30. The summed E-state index contributed by atoms with van der Waals surface area (Å²) in [7, 11) is 0. The van der Waals surface area contributed by atoms with Crippen molar-refractivity contribution < 1.29 is 0 Å². The van der Waals surface area contributed by atoms with Gasteiger partial charge in [-0.3, -0.25) is 14.3 Å². The first-order valence-corrected chi connectivity index (χ1v) is 5.09. The first-order chi connectivity index (χ1) is 7.60. The smallest absolute Gasteiger partial charge is 0.330 e. The Kier molecular flexibility index (Phi) is 2.30. The summed E-state index contributed by atoms with van der Waals surface area (Å²) in [4.78, 5) is 29.5. The van der Waals surface area contributed by atoms with Gasteiger partial charge in [-0.1, -0.05) is 0 Å². The zero-order chi connectivity index (χ0) is 11.9. The van der Waals surface area contributed by atoms with E-state index in [4.69, 9.17) is 5.73 Å². The SMILES string of the molecule is CCn1c(N)nc2c1c(=O)[nH]c(=O)n2CC. The second kappa shape index (κ2) is 3.51. The zero-order valence-electron chi connectivity index (χ0n) is 9.15. The number of hydrogen-bond acceptors (Lipinski definition) is 4. The van der Waals surface area contributed by atoms with Crippen LogP contribution < -0.4 is 17.0 Å². The summed E-state index contributed by atoms with van der Waals surface area (Å²) in [6, 6.07) is 0. The van der Waals surface area contributed by atoms with E-state index in [0.717, 1.165) is 0 Å². The van der Waals surface area contributed by atoms with Gasteiger partial charge in [0.25, 0.3) is 5.56 Å². The van der Waals surface area contributed by atoms with Crippen molar-refractivity contribution in [2.24, 2.45) is 0 Å². The molecule has 0 aromatic carbocycles. The van der Waals surface area contributed by atoms with Gasteiger partial charge in [0.05, 0.1) is 0 Å². The maximum atomic E-state index is 11.7. The van der Waals surface area contributed by atoms with E-state index < -0.39 is 11.2 Å². The lowest BCUT2D eigenvalue weighted by atomic mass is 10.5. The summed E-state index contributed by atoms with van der Waals surface area (Å²) in [6.07, 6.45) is 0. The number of nitrogens with one attached hydrogen (secondary N) is 1. The molecule has 7 heteroatoms. The first kappa shape index (κ1) is 10.5. The summed E-state index contributed by atoms with van der Waals surface area (Å²) in [5.41, 5.74) is 5.48. The van der Waals surface area contributed by atoms with Crippen molar-refractivity contribution in [3.05, 3.63) is 20.8 Å². The number of fused-ring (bicyclic) bond motifs is 1. The lowest BCUT2D eigenvalue weighted by Gasteiger charge is -2.02. The molecule has 7 nitrogen and oxygen atoms in total. The molecule has 0 saturated carbocycles. The molecule has 0 aliphatic rings. The molecule has 3 N–H and O–H groups in total. The highest BCUT2D eigenvalue weighted by Gasteiger charge is 2.14. The molecule has 0 unspecified atom stereocenters. The number of anilines is 1. The van der Waals surface area contributed by atoms with Crippen LogP contribution in [0.25, 0.3) is 11.2 Å². The lowest BCUT2D eigenvalue weighted by molar-refractivity contribution is 0.716. The van der Waals surface area contributed by atoms with Gasteiger partial charge in [-0.25, -0.2) is 4.79 Å². The summed E-state index contributed by atoms with van der Waals surface area (Å²) >= 11 is 0. The van der Waals surface area contributed by atoms with E-state index >= 15 is 0 Å². The highest BCUT2D eigenvalue weighted by Crippen LogP contribution is 2.11. The number of aryl methyl sites for hydroxylation is 2. The number of rotatable bonds is 2. The topological polar surface area (TPSA) is 98.7 Å². The first-order valence-electron chi connectivity index (χ1n) is 5.09. The van der Waals surface area contributed by atoms with E-state index in [1.54, 1.807) is 11.5 Å². The number of H-pyrrole nitrogens is 1. The number of nitrogens with two attached hydrogens (primary N) is 1. The molecule has 0 saturated heterocycles. The van der Waals surface area contributed by atoms with Crippen LogP contribution in [-0.4, -0.2) is 19.1 Å². The van der Waals surface area contributed by atoms with Gasteiger partial charge in [-0.05, 0) is 13.8 Å². The largest absolute Gasteiger partial charge is 0.369 e. The monoisotopic (exact) mass is 223 g/mol. The van der Waals surface area contributed by atoms with Crippen molar-refractivity contribution in [3.63, 3.8) is 0 Å². The van der Waals surface area contributed by atoms with Gasteiger partial charge in [-0.2, -0.15) is 4.98 Å². The standard InChI is InChI=1S/C9H13N5O2/c1-3-13-5-6(11-8(13)10)14(4-2)9(16)12-7(5)15/h3-4H2,1-2H3,(H2,10,11)(H,12,15,16). The van der Waals surface area contributed by atoms with E-state index in [9.17, 15) is 9.59 Å². The van der Waals surface area contributed by atoms with Crippen molar-refractivity contribution in [1.82, 2.24) is 19.1 Å². The maximum Gasteiger partial charge on any atom is 0.330 e. The average molecular weight is 223 g/mol. The van der Waals surface area contributed by atoms with Crippen molar-refractivity contribution >= 4 is 17.1 Å². The van der Waals surface area contributed by atoms with E-state index in [0.29, 0.717) is 24.3 Å². The zero-order valence-corrected chi connectivity index (χ0v) is 9.15. The van der Waals surface area contributed by atoms with Crippen LogP contribution in [0.4, 0.5) is 5.95 Å². The molecule has 2 aromatic heterocycles. The van der Waals surface area contributed by atoms with E-state index in [-0.39, 0.29) is 5.95 Å². The molecular weight excluding hydrogens is 210 g/mol. The predicted octanol–water partition coefficient (Wildman–Crippen LogP) is -0.492. The van der Waals surface area contributed by atoms with Crippen molar-refractivity contribution in [3.8, 4) is 0 Å². The third-order valence-corrected chi connectivity index (χ3v) is 2.55. The number of nitrogens with zero attached hydrogens (tertiary/aromatic N) is 3. The Labute approximate surface area is 90.5 Å². The van der Waals surface area contributed by atoms with Crippen LogP contribution in [0.3, 0.4) is 0 Å². The summed E-state index contributed by atoms with van der Waals surface area (Å²) < 4.78 is 2.97. The normalized spacial score (nSPS) is 11.1. The molecular formula is C9H13N5O2. The van der Waals surface area contributed by atoms with Gasteiger partial charge >= 0.3 is 5.69 Å². The molecule has 0 bridgehead atoms. The molecule has 0 radical (unpaired) electrons. The minimum Gasteiger partial charge on any atom is -0.369 e. The van der Waals surface area contributed by atoms with Gasteiger partial charge in [0.15, 0.2) is 11.2 Å². The molecule has 86 valence electrons. The van der Waals surface area contributed by atoms with E-state index in [2.05, 4.69) is 9.97 Å². The highest BCUT2D eigenvalue weighted by atomic mass is 16.2. The van der Waals surface area contributed by atoms with Gasteiger partial charge in [0.1, 0.15) is 0 Å². The molecule has 0 amide bonds. The fourth-order valence-corrected chi connectivity index (χ4v) is 1.80. The molecule has 2 aromatic rings. The second-order valence-corrected chi connectivity index (χ2v) is 3.39. The van der Waals surface area contributed by atoms with E-state index in [1.807, 2.05) is 6.92 Å². The van der Waals surface area contributed by atoms with Crippen LogP contribution in [0.15, 0.2) is 9.59 Å². The molecule has 2 heterocycles. The van der Waals surface area contributed by atoms with Gasteiger partial charge in [-0.15, -0.1) is 0 Å². The number of hydrogen-bond donors (Lipinski definition) is 2. The van der Waals surface area contributed by atoms with Crippen LogP contribution >= 0.6 is 0 Å². The Morgan fingerprint density at radius 1 is 1.25 bits per heavy atom. The van der Waals surface area contributed by atoms with Crippen LogP contribution in [0.5, 0.6) is 0 Å². The van der Waals surface area contributed by atoms with Gasteiger partial charge in [0, 0.05) is 13.1 Å². The quantitative estimate of drug-likeness (QED) is 0.717. The van der Waals surface area contributed by atoms with Crippen LogP contribution in [0.1, 0.15) is 13.8 Å². The Morgan fingerprint density at radius 2 is 1.88 bits per heavy atom. The molecule has 16 heavy (non-hydrogen) atoms. The number of aromatic amines is 1. The molecule has 0 aliphatic carbocycles. The Morgan fingerprint density at radius 3 is 2.44 bits per heavy atom. The van der Waals surface area contributed by atoms with Crippen LogP contribution in [0, 0.1) is 0 Å². The third kappa shape index (κ3) is 1.24. The molecule has 0 atom stereocenters. The Bertz CT molecular complexity index is 648. The minimum absolute atomic E-state index is 0.246. The van der Waals surface area contributed by atoms with E-state index in [1.165, 1.54) is 4.57 Å². The van der Waals surface area contributed by atoms with Gasteiger partial charge in [0.2, 0.25) is 5.95 Å². The minimum atomic E-state index is -0.458. The summed E-state index contributed by atoms with van der Waals surface area (Å²) in [5.74, 6) is 0.246. The Balaban J connectivity index is 3.05. The number of aromatic nitrogens is 4. The molecule has 0 aliphatic heterocycles. The summed E-state index contributed by atoms with van der Waals surface area (Å²) in [6.45, 7) is 4.64.